The summed E-state index contributed by atoms with van der Waals surface area (Å²) in [5, 5.41) is 5.64. The van der Waals surface area contributed by atoms with Gasteiger partial charge in [-0.25, -0.2) is 12.7 Å². The molecule has 2 aromatic rings. The molecule has 1 fully saturated rings. The van der Waals surface area contributed by atoms with Gasteiger partial charge in [-0.2, -0.15) is 0 Å². The molecule has 1 saturated heterocycles. The number of nitrogens with one attached hydrogen (secondary N) is 2. The van der Waals surface area contributed by atoms with E-state index in [9.17, 15) is 18.0 Å². The van der Waals surface area contributed by atoms with Gasteiger partial charge in [0.1, 0.15) is 0 Å². The number of hydrogen-bond donors (Lipinski definition) is 2. The smallest absolute Gasteiger partial charge is 0.255 e. The monoisotopic (exact) mass is 443 g/mol. The predicted molar refractivity (Wildman–Crippen MR) is 122 cm³/mol. The van der Waals surface area contributed by atoms with Crippen LogP contribution in [0.5, 0.6) is 0 Å². The van der Waals surface area contributed by atoms with Gasteiger partial charge in [0.05, 0.1) is 17.0 Å². The fourth-order valence-corrected chi connectivity index (χ4v) is 5.09. The maximum atomic E-state index is 12.7. The molecule has 8 heteroatoms. The van der Waals surface area contributed by atoms with Crippen molar-refractivity contribution in [2.45, 2.75) is 38.4 Å². The molecular weight excluding hydrogens is 414 g/mol. The molecule has 0 unspecified atom stereocenters. The molecule has 0 atom stereocenters. The molecule has 1 aliphatic heterocycles. The van der Waals surface area contributed by atoms with Gasteiger partial charge in [-0.3, -0.25) is 9.59 Å². The van der Waals surface area contributed by atoms with Gasteiger partial charge in [0.2, 0.25) is 10.0 Å². The van der Waals surface area contributed by atoms with Crippen LogP contribution in [-0.4, -0.2) is 44.2 Å². The van der Waals surface area contributed by atoms with Crippen LogP contribution in [0.4, 0.5) is 5.69 Å². The summed E-state index contributed by atoms with van der Waals surface area (Å²) in [6.45, 7) is 3.79. The molecule has 0 bridgehead atoms. The molecule has 0 radical (unpaired) electrons. The summed E-state index contributed by atoms with van der Waals surface area (Å²) >= 11 is 0. The highest BCUT2D eigenvalue weighted by Gasteiger charge is 2.25. The lowest BCUT2D eigenvalue weighted by Gasteiger charge is -2.15. The van der Waals surface area contributed by atoms with E-state index < -0.39 is 10.0 Å². The first kappa shape index (κ1) is 23.0. The maximum Gasteiger partial charge on any atom is 0.255 e. The van der Waals surface area contributed by atoms with Crippen molar-refractivity contribution < 1.29 is 18.0 Å². The Morgan fingerprint density at radius 3 is 2.32 bits per heavy atom. The molecule has 0 saturated carbocycles. The van der Waals surface area contributed by atoms with E-state index >= 15 is 0 Å². The Hall–Kier alpha value is -2.71. The first-order valence-electron chi connectivity index (χ1n) is 10.7. The summed E-state index contributed by atoms with van der Waals surface area (Å²) in [6.07, 6.45) is 3.67. The topological polar surface area (TPSA) is 95.6 Å². The highest BCUT2D eigenvalue weighted by molar-refractivity contribution is 7.88. The average Bonchev–Trinajstić information content (AvgIpc) is 3.30. The van der Waals surface area contributed by atoms with Gasteiger partial charge in [-0.05, 0) is 49.1 Å². The summed E-state index contributed by atoms with van der Waals surface area (Å²) in [7, 11) is -3.33. The van der Waals surface area contributed by atoms with Crippen LogP contribution in [0.25, 0.3) is 0 Å². The molecule has 2 N–H and O–H groups in total. The number of rotatable bonds is 9. The van der Waals surface area contributed by atoms with Gasteiger partial charge in [0, 0.05) is 25.2 Å². The highest BCUT2D eigenvalue weighted by Crippen LogP contribution is 2.19. The van der Waals surface area contributed by atoms with E-state index in [1.807, 2.05) is 6.92 Å². The van der Waals surface area contributed by atoms with Crippen LogP contribution in [0.15, 0.2) is 48.5 Å². The van der Waals surface area contributed by atoms with E-state index in [-0.39, 0.29) is 17.6 Å². The molecule has 1 aliphatic rings. The van der Waals surface area contributed by atoms with Crippen molar-refractivity contribution in [3.05, 3.63) is 65.2 Å². The van der Waals surface area contributed by atoms with Crippen LogP contribution in [0.1, 0.15) is 58.9 Å². The van der Waals surface area contributed by atoms with Gasteiger partial charge < -0.3 is 10.6 Å². The van der Waals surface area contributed by atoms with Crippen LogP contribution in [-0.2, 0) is 15.8 Å². The molecule has 1 heterocycles. The Labute approximate surface area is 183 Å². The van der Waals surface area contributed by atoms with E-state index in [0.717, 1.165) is 25.7 Å². The second kappa shape index (κ2) is 10.5. The zero-order valence-electron chi connectivity index (χ0n) is 17.8. The number of anilines is 1. The maximum absolute atomic E-state index is 12.7. The van der Waals surface area contributed by atoms with E-state index in [2.05, 4.69) is 10.6 Å². The van der Waals surface area contributed by atoms with Crippen molar-refractivity contribution in [2.24, 2.45) is 0 Å². The van der Waals surface area contributed by atoms with Crippen molar-refractivity contribution in [1.29, 1.82) is 0 Å². The molecule has 2 aromatic carbocycles. The molecule has 31 heavy (non-hydrogen) atoms. The molecule has 0 spiro atoms. The fourth-order valence-electron chi connectivity index (χ4n) is 3.48. The third kappa shape index (κ3) is 6.15. The van der Waals surface area contributed by atoms with Crippen molar-refractivity contribution in [1.82, 2.24) is 9.62 Å². The van der Waals surface area contributed by atoms with Crippen molar-refractivity contribution in [3.8, 4) is 0 Å². The molecule has 7 nitrogen and oxygen atoms in total. The number of hydrogen-bond acceptors (Lipinski definition) is 4. The van der Waals surface area contributed by atoms with Crippen LogP contribution >= 0.6 is 0 Å². The second-order valence-electron chi connectivity index (χ2n) is 7.67. The summed E-state index contributed by atoms with van der Waals surface area (Å²) in [6, 6.07) is 13.4. The first-order chi connectivity index (χ1) is 14.9. The molecule has 0 aromatic heterocycles. The Kier molecular flexibility index (Phi) is 7.81. The number of sulfonamides is 1. The number of carbonyl (C=O) groups is 2. The Morgan fingerprint density at radius 2 is 1.65 bits per heavy atom. The third-order valence-electron chi connectivity index (χ3n) is 5.26. The van der Waals surface area contributed by atoms with Crippen LogP contribution in [0.3, 0.4) is 0 Å². The Bertz CT molecular complexity index is 1010. The standard InChI is InChI=1S/C23H29N3O4S/c1-2-3-14-24-23(28)20-8-4-5-9-21(20)25-22(27)19-12-10-18(11-13-19)17-31(29,30)26-15-6-7-16-26/h4-5,8-13H,2-3,6-7,14-17H2,1H3,(H,24,28)(H,25,27). The zero-order valence-corrected chi connectivity index (χ0v) is 18.6. The van der Waals surface area contributed by atoms with Gasteiger partial charge in [0.25, 0.3) is 11.8 Å². The molecule has 166 valence electrons. The molecule has 2 amide bonds. The average molecular weight is 444 g/mol. The number of para-hydroxylation sites is 1. The van der Waals surface area contributed by atoms with Crippen LogP contribution < -0.4 is 10.6 Å². The number of nitrogens with zero attached hydrogens (tertiary/aromatic N) is 1. The molecule has 3 rings (SSSR count). The highest BCUT2D eigenvalue weighted by atomic mass is 32.2. The number of unbranched alkanes of at least 4 members (excludes halogenated alkanes) is 1. The van der Waals surface area contributed by atoms with Crippen LogP contribution in [0, 0.1) is 0 Å². The lowest BCUT2D eigenvalue weighted by atomic mass is 10.1. The summed E-state index contributed by atoms with van der Waals surface area (Å²) < 4.78 is 26.5. The normalized spacial score (nSPS) is 14.4. The summed E-state index contributed by atoms with van der Waals surface area (Å²) in [5.41, 5.74) is 1.87. The summed E-state index contributed by atoms with van der Waals surface area (Å²) in [4.78, 5) is 25.1. The van der Waals surface area contributed by atoms with Crippen molar-refractivity contribution >= 4 is 27.5 Å². The van der Waals surface area contributed by atoms with Crippen molar-refractivity contribution in [2.75, 3.05) is 25.0 Å². The van der Waals surface area contributed by atoms with E-state index in [1.165, 1.54) is 4.31 Å². The molecule has 0 aliphatic carbocycles. The van der Waals surface area contributed by atoms with Gasteiger partial charge in [-0.1, -0.05) is 37.6 Å². The number of benzene rings is 2. The van der Waals surface area contributed by atoms with E-state index in [0.29, 0.717) is 42.0 Å². The minimum atomic E-state index is -3.33. The quantitative estimate of drug-likeness (QED) is 0.581. The first-order valence-corrected chi connectivity index (χ1v) is 12.3. The number of carbonyl (C=O) groups excluding carboxylic acids is 2. The largest absolute Gasteiger partial charge is 0.352 e. The lowest BCUT2D eigenvalue weighted by Crippen LogP contribution is -2.29. The SMILES string of the molecule is CCCCNC(=O)c1ccccc1NC(=O)c1ccc(CS(=O)(=O)N2CCCC2)cc1. The third-order valence-corrected chi connectivity index (χ3v) is 7.11. The van der Waals surface area contributed by atoms with E-state index in [4.69, 9.17) is 0 Å². The predicted octanol–water partition coefficient (Wildman–Crippen LogP) is 3.39. The van der Waals surface area contributed by atoms with Crippen molar-refractivity contribution in [3.63, 3.8) is 0 Å². The Morgan fingerprint density at radius 1 is 0.968 bits per heavy atom. The van der Waals surface area contributed by atoms with E-state index in [1.54, 1.807) is 48.5 Å². The summed E-state index contributed by atoms with van der Waals surface area (Å²) in [5.74, 6) is -0.662. The van der Waals surface area contributed by atoms with Gasteiger partial charge in [-0.15, -0.1) is 0 Å². The van der Waals surface area contributed by atoms with Gasteiger partial charge >= 0.3 is 0 Å². The second-order valence-corrected chi connectivity index (χ2v) is 9.64. The minimum Gasteiger partial charge on any atom is -0.352 e. The number of amides is 2. The van der Waals surface area contributed by atoms with Gasteiger partial charge in [0.15, 0.2) is 0 Å². The fraction of sp³-hybridized carbons (Fsp3) is 0.391. The zero-order chi connectivity index (χ0) is 22.3. The lowest BCUT2D eigenvalue weighted by molar-refractivity contribution is 0.0954. The Balaban J connectivity index is 1.65. The minimum absolute atomic E-state index is 0.0737. The molecular formula is C23H29N3O4S. The van der Waals surface area contributed by atoms with Crippen LogP contribution in [0.2, 0.25) is 0 Å².